The van der Waals surface area contributed by atoms with Gasteiger partial charge in [0, 0.05) is 37.0 Å². The number of carbonyl (C=O) groups excluding carboxylic acids is 1. The Kier molecular flexibility index (Phi) is 6.08. The Morgan fingerprint density at radius 3 is 2.68 bits per heavy atom. The van der Waals surface area contributed by atoms with Crippen LogP contribution in [0.5, 0.6) is 11.5 Å². The third-order valence-corrected chi connectivity index (χ3v) is 6.34. The number of nitrogens with one attached hydrogen (secondary N) is 1. The highest BCUT2D eigenvalue weighted by Gasteiger charge is 2.21. The highest BCUT2D eigenvalue weighted by molar-refractivity contribution is 7.22. The Bertz CT molecular complexity index is 1140. The second-order valence-corrected chi connectivity index (χ2v) is 8.65. The molecule has 1 amide bonds. The number of carbonyl (C=O) groups is 1. The van der Waals surface area contributed by atoms with Gasteiger partial charge in [0.25, 0.3) is 5.56 Å². The number of amides is 1. The Hall–Kier alpha value is -3.14. The van der Waals surface area contributed by atoms with Crippen molar-refractivity contribution in [1.82, 2.24) is 14.5 Å². The molecule has 1 N–H and O–H groups in total. The minimum atomic E-state index is -0.354. The number of methoxy groups -OCH3 is 2. The molecule has 1 fully saturated rings. The van der Waals surface area contributed by atoms with Gasteiger partial charge in [0.15, 0.2) is 10.8 Å². The molecule has 1 atom stereocenters. The van der Waals surface area contributed by atoms with Crippen molar-refractivity contribution in [3.05, 3.63) is 34.9 Å². The number of piperidine rings is 1. The molecule has 31 heavy (non-hydrogen) atoms. The fraction of sp³-hybridized carbons (Fsp3) is 0.429. The predicted molar refractivity (Wildman–Crippen MR) is 120 cm³/mol. The molecule has 3 heterocycles. The first kappa shape index (κ1) is 21.1. The number of benzene rings is 1. The molecule has 0 saturated carbocycles. The van der Waals surface area contributed by atoms with Crippen LogP contribution < -0.4 is 25.2 Å². The number of fused-ring (bicyclic) bond motifs is 1. The van der Waals surface area contributed by atoms with Gasteiger partial charge in [-0.25, -0.2) is 4.98 Å². The van der Waals surface area contributed by atoms with Gasteiger partial charge in [-0.1, -0.05) is 18.3 Å². The Morgan fingerprint density at radius 2 is 2.00 bits per heavy atom. The topological polar surface area (TPSA) is 98.6 Å². The maximum atomic E-state index is 12.9. The summed E-state index contributed by atoms with van der Waals surface area (Å²) < 4.78 is 12.2. The van der Waals surface area contributed by atoms with Crippen LogP contribution in [0.25, 0.3) is 10.3 Å². The van der Waals surface area contributed by atoms with Crippen molar-refractivity contribution in [1.29, 1.82) is 0 Å². The lowest BCUT2D eigenvalue weighted by atomic mass is 10.0. The van der Waals surface area contributed by atoms with E-state index in [9.17, 15) is 9.59 Å². The molecule has 0 spiro atoms. The van der Waals surface area contributed by atoms with E-state index in [1.165, 1.54) is 42.9 Å². The first-order chi connectivity index (χ1) is 15.0. The third-order valence-electron chi connectivity index (χ3n) is 5.25. The molecule has 0 aliphatic carbocycles. The number of hydrogen-bond acceptors (Lipinski definition) is 8. The summed E-state index contributed by atoms with van der Waals surface area (Å²) in [5, 5.41) is 3.59. The Morgan fingerprint density at radius 1 is 1.26 bits per heavy atom. The summed E-state index contributed by atoms with van der Waals surface area (Å²) in [6, 6.07) is 5.07. The third kappa shape index (κ3) is 4.63. The van der Waals surface area contributed by atoms with Crippen molar-refractivity contribution >= 4 is 38.4 Å². The van der Waals surface area contributed by atoms with Gasteiger partial charge in [-0.05, 0) is 18.8 Å². The Balaban J connectivity index is 1.52. The zero-order chi connectivity index (χ0) is 22.0. The first-order valence-corrected chi connectivity index (χ1v) is 10.9. The summed E-state index contributed by atoms with van der Waals surface area (Å²) in [6.45, 7) is 3.93. The van der Waals surface area contributed by atoms with Crippen LogP contribution >= 0.6 is 11.3 Å². The van der Waals surface area contributed by atoms with E-state index in [1.54, 1.807) is 18.2 Å². The van der Waals surface area contributed by atoms with E-state index in [-0.39, 0.29) is 18.0 Å². The molecule has 1 aromatic carbocycles. The van der Waals surface area contributed by atoms with E-state index < -0.39 is 0 Å². The van der Waals surface area contributed by atoms with Crippen molar-refractivity contribution < 1.29 is 14.3 Å². The van der Waals surface area contributed by atoms with E-state index in [4.69, 9.17) is 9.47 Å². The molecule has 3 aromatic rings. The fourth-order valence-corrected chi connectivity index (χ4v) is 4.68. The van der Waals surface area contributed by atoms with Crippen LogP contribution in [-0.4, -0.2) is 47.8 Å². The summed E-state index contributed by atoms with van der Waals surface area (Å²) in [5.74, 6) is 1.36. The predicted octanol–water partition coefficient (Wildman–Crippen LogP) is 2.75. The summed E-state index contributed by atoms with van der Waals surface area (Å²) in [6.07, 6.45) is 3.70. The quantitative estimate of drug-likeness (QED) is 0.625. The molecule has 1 aliphatic rings. The van der Waals surface area contributed by atoms with Crippen molar-refractivity contribution in [3.8, 4) is 11.5 Å². The van der Waals surface area contributed by atoms with Gasteiger partial charge in [-0.3, -0.25) is 14.2 Å². The summed E-state index contributed by atoms with van der Waals surface area (Å²) in [4.78, 5) is 36.6. The molecule has 0 bridgehead atoms. The number of hydrogen-bond donors (Lipinski definition) is 1. The van der Waals surface area contributed by atoms with E-state index in [0.717, 1.165) is 24.6 Å². The highest BCUT2D eigenvalue weighted by Crippen LogP contribution is 2.29. The number of thiazole rings is 1. The highest BCUT2D eigenvalue weighted by atomic mass is 32.1. The standard InChI is InChI=1S/C21H25N5O4S/c1-13-5-4-6-25(10-13)21-24-19-18(31-21)20(28)26(12-22-19)11-17(27)23-14-7-15(29-2)9-16(8-14)30-3/h7-9,12-13H,4-6,10-11H2,1-3H3,(H,23,27). The average molecular weight is 444 g/mol. The van der Waals surface area contributed by atoms with E-state index in [2.05, 4.69) is 27.1 Å². The van der Waals surface area contributed by atoms with Gasteiger partial charge >= 0.3 is 0 Å². The molecule has 10 heteroatoms. The molecule has 1 unspecified atom stereocenters. The smallest absolute Gasteiger partial charge is 0.273 e. The molecule has 2 aromatic heterocycles. The lowest BCUT2D eigenvalue weighted by Gasteiger charge is -2.30. The van der Waals surface area contributed by atoms with Gasteiger partial charge in [0.05, 0.1) is 14.2 Å². The molecule has 0 radical (unpaired) electrons. The van der Waals surface area contributed by atoms with Gasteiger partial charge in [-0.2, -0.15) is 4.98 Å². The molecular formula is C21H25N5O4S. The monoisotopic (exact) mass is 443 g/mol. The molecular weight excluding hydrogens is 418 g/mol. The maximum Gasteiger partial charge on any atom is 0.273 e. The summed E-state index contributed by atoms with van der Waals surface area (Å²) in [5.41, 5.74) is 0.678. The van der Waals surface area contributed by atoms with Crippen LogP contribution in [0.4, 0.5) is 10.8 Å². The fourth-order valence-electron chi connectivity index (χ4n) is 3.68. The Labute approximate surface area is 183 Å². The molecule has 4 rings (SSSR count). The van der Waals surface area contributed by atoms with Crippen LogP contribution in [0.3, 0.4) is 0 Å². The minimum absolute atomic E-state index is 0.157. The lowest BCUT2D eigenvalue weighted by Crippen LogP contribution is -2.34. The van der Waals surface area contributed by atoms with E-state index in [0.29, 0.717) is 33.5 Å². The summed E-state index contributed by atoms with van der Waals surface area (Å²) in [7, 11) is 3.07. The van der Waals surface area contributed by atoms with Crippen LogP contribution in [0.2, 0.25) is 0 Å². The second-order valence-electron chi connectivity index (χ2n) is 7.67. The van der Waals surface area contributed by atoms with Gasteiger partial charge in [-0.15, -0.1) is 0 Å². The number of ether oxygens (including phenoxy) is 2. The normalized spacial score (nSPS) is 16.4. The van der Waals surface area contributed by atoms with Crippen molar-refractivity contribution in [2.75, 3.05) is 37.5 Å². The van der Waals surface area contributed by atoms with Crippen LogP contribution in [0, 0.1) is 5.92 Å². The second kappa shape index (κ2) is 8.93. The number of rotatable bonds is 6. The number of nitrogens with zero attached hydrogens (tertiary/aromatic N) is 4. The SMILES string of the molecule is COc1cc(NC(=O)Cn2cnc3nc(N4CCCC(C)C4)sc3c2=O)cc(OC)c1. The first-order valence-electron chi connectivity index (χ1n) is 10.1. The number of anilines is 2. The average Bonchev–Trinajstić information content (AvgIpc) is 3.20. The lowest BCUT2D eigenvalue weighted by molar-refractivity contribution is -0.116. The van der Waals surface area contributed by atoms with Crippen molar-refractivity contribution in [2.45, 2.75) is 26.3 Å². The van der Waals surface area contributed by atoms with Crippen molar-refractivity contribution in [2.24, 2.45) is 5.92 Å². The van der Waals surface area contributed by atoms with Gasteiger partial charge in [0.1, 0.15) is 29.1 Å². The van der Waals surface area contributed by atoms with Crippen LogP contribution in [0.15, 0.2) is 29.3 Å². The number of aromatic nitrogens is 3. The zero-order valence-corrected chi connectivity index (χ0v) is 18.6. The van der Waals surface area contributed by atoms with Crippen molar-refractivity contribution in [3.63, 3.8) is 0 Å². The minimum Gasteiger partial charge on any atom is -0.497 e. The molecule has 9 nitrogen and oxygen atoms in total. The summed E-state index contributed by atoms with van der Waals surface area (Å²) >= 11 is 1.34. The maximum absolute atomic E-state index is 12.9. The molecule has 164 valence electrons. The largest absolute Gasteiger partial charge is 0.497 e. The van der Waals surface area contributed by atoms with E-state index in [1.807, 2.05) is 0 Å². The van der Waals surface area contributed by atoms with Gasteiger partial charge < -0.3 is 19.7 Å². The van der Waals surface area contributed by atoms with Crippen LogP contribution in [-0.2, 0) is 11.3 Å². The molecule has 1 saturated heterocycles. The van der Waals surface area contributed by atoms with Crippen LogP contribution in [0.1, 0.15) is 19.8 Å². The molecule has 1 aliphatic heterocycles. The van der Waals surface area contributed by atoms with Gasteiger partial charge in [0.2, 0.25) is 5.91 Å². The zero-order valence-electron chi connectivity index (χ0n) is 17.8. The van der Waals surface area contributed by atoms with E-state index >= 15 is 0 Å².